The second-order valence-electron chi connectivity index (χ2n) is 2.45. The number of hydrogen-bond acceptors (Lipinski definition) is 5. The molecule has 0 amide bonds. The van der Waals surface area contributed by atoms with Gasteiger partial charge in [0.1, 0.15) is 6.10 Å². The van der Waals surface area contributed by atoms with Gasteiger partial charge in [-0.2, -0.15) is 0 Å². The number of azide groups is 2. The van der Waals surface area contributed by atoms with Crippen LogP contribution in [0.1, 0.15) is 0 Å². The van der Waals surface area contributed by atoms with Gasteiger partial charge in [0, 0.05) is 9.82 Å². The third kappa shape index (κ3) is 4.51. The predicted octanol–water partition coefficient (Wildman–Crippen LogP) is -0.310. The Morgan fingerprint density at radius 1 is 0.929 bits per heavy atom. The van der Waals surface area contributed by atoms with E-state index >= 15 is 0 Å². The van der Waals surface area contributed by atoms with E-state index in [2.05, 4.69) is 20.1 Å². The molecular weight excluding hydrogens is 192 g/mol. The Balaban J connectivity index is 4.07. The molecule has 2 atom stereocenters. The lowest BCUT2D eigenvalue weighted by molar-refractivity contribution is -0.0508. The summed E-state index contributed by atoms with van der Waals surface area (Å²) in [5.41, 5.74) is 15.8. The summed E-state index contributed by atoms with van der Waals surface area (Å²) in [7, 11) is 0. The second kappa shape index (κ2) is 6.96. The van der Waals surface area contributed by atoms with Gasteiger partial charge in [0.25, 0.3) is 0 Å². The Hall–Kier alpha value is -1.50. The van der Waals surface area contributed by atoms with Crippen LogP contribution in [0, 0.1) is 0 Å². The minimum atomic E-state index is -1.51. The van der Waals surface area contributed by atoms with Crippen molar-refractivity contribution in [2.24, 2.45) is 10.2 Å². The van der Waals surface area contributed by atoms with Gasteiger partial charge in [-0.1, -0.05) is 10.2 Å². The molecule has 0 heterocycles. The zero-order chi connectivity index (χ0) is 11.0. The topological polar surface area (TPSA) is 158 Å². The van der Waals surface area contributed by atoms with E-state index in [0.29, 0.717) is 0 Å². The summed E-state index contributed by atoms with van der Waals surface area (Å²) in [5, 5.41) is 33.4. The molecule has 0 aromatic carbocycles. The fourth-order valence-corrected chi connectivity index (χ4v) is 0.713. The normalized spacial score (nSPS) is 15.9. The van der Waals surface area contributed by atoms with Crippen LogP contribution in [0.4, 0.5) is 0 Å². The van der Waals surface area contributed by atoms with Gasteiger partial charge < -0.3 is 15.3 Å². The Bertz CT molecular complexity index is 232. The van der Waals surface area contributed by atoms with Gasteiger partial charge in [-0.3, -0.25) is 0 Å². The van der Waals surface area contributed by atoms with Gasteiger partial charge in [0.05, 0.1) is 25.3 Å². The second-order valence-corrected chi connectivity index (χ2v) is 2.45. The highest BCUT2D eigenvalue weighted by molar-refractivity contribution is 4.78. The Kier molecular flexibility index (Phi) is 6.21. The van der Waals surface area contributed by atoms with E-state index in [4.69, 9.17) is 21.3 Å². The summed E-state index contributed by atoms with van der Waals surface area (Å²) in [6, 6.07) is 0. The van der Waals surface area contributed by atoms with E-state index in [1.165, 1.54) is 0 Å². The molecule has 0 aromatic heterocycles. The Morgan fingerprint density at radius 2 is 1.29 bits per heavy atom. The monoisotopic (exact) mass is 202 g/mol. The van der Waals surface area contributed by atoms with Gasteiger partial charge in [0.2, 0.25) is 0 Å². The summed E-state index contributed by atoms with van der Waals surface area (Å²) < 4.78 is 0. The summed E-state index contributed by atoms with van der Waals surface area (Å²) in [6.45, 7) is -0.712. The van der Waals surface area contributed by atoms with E-state index < -0.39 is 18.3 Å². The van der Waals surface area contributed by atoms with Crippen molar-refractivity contribution in [3.63, 3.8) is 0 Å². The third-order valence-corrected chi connectivity index (χ3v) is 1.45. The molecule has 0 bridgehead atoms. The van der Waals surface area contributed by atoms with E-state index in [9.17, 15) is 5.11 Å². The van der Waals surface area contributed by atoms with Crippen LogP contribution >= 0.6 is 0 Å². The van der Waals surface area contributed by atoms with Crippen molar-refractivity contribution in [2.45, 2.75) is 18.3 Å². The van der Waals surface area contributed by atoms with Crippen molar-refractivity contribution in [1.29, 1.82) is 0 Å². The van der Waals surface area contributed by atoms with E-state index in [1.807, 2.05) is 0 Å². The molecule has 0 rings (SSSR count). The summed E-state index contributed by atoms with van der Waals surface area (Å²) in [6.07, 6.45) is -4.27. The number of aliphatic hydroxyl groups is 3. The zero-order valence-corrected chi connectivity index (χ0v) is 7.17. The van der Waals surface area contributed by atoms with Crippen LogP contribution in [0.2, 0.25) is 0 Å². The fourth-order valence-electron chi connectivity index (χ4n) is 0.713. The van der Waals surface area contributed by atoms with Crippen LogP contribution in [0.5, 0.6) is 0 Å². The summed E-state index contributed by atoms with van der Waals surface area (Å²) in [5.74, 6) is 0. The Labute approximate surface area is 78.8 Å². The quantitative estimate of drug-likeness (QED) is 0.306. The maximum Gasteiger partial charge on any atom is 0.106 e. The minimum Gasteiger partial charge on any atom is -0.390 e. The first kappa shape index (κ1) is 12.5. The van der Waals surface area contributed by atoms with E-state index in [-0.39, 0.29) is 13.1 Å². The highest BCUT2D eigenvalue weighted by Crippen LogP contribution is 2.01. The smallest absolute Gasteiger partial charge is 0.106 e. The van der Waals surface area contributed by atoms with Crippen LogP contribution in [0.25, 0.3) is 20.9 Å². The average Bonchev–Trinajstić information content (AvgIpc) is 2.21. The molecule has 0 unspecified atom stereocenters. The van der Waals surface area contributed by atoms with Crippen molar-refractivity contribution in [3.8, 4) is 0 Å². The van der Waals surface area contributed by atoms with Gasteiger partial charge in [-0.25, -0.2) is 0 Å². The number of hydrogen-bond donors (Lipinski definition) is 3. The predicted molar refractivity (Wildman–Crippen MR) is 46.0 cm³/mol. The lowest BCUT2D eigenvalue weighted by atomic mass is 10.1. The van der Waals surface area contributed by atoms with Crippen molar-refractivity contribution in [3.05, 3.63) is 20.9 Å². The van der Waals surface area contributed by atoms with Crippen LogP contribution < -0.4 is 0 Å². The van der Waals surface area contributed by atoms with E-state index in [0.717, 1.165) is 0 Å². The highest BCUT2D eigenvalue weighted by atomic mass is 16.4. The largest absolute Gasteiger partial charge is 0.390 e. The SMILES string of the molecule is [N-]=[N+]=NC[C@@H](O)C(O)[C@H](O)CN=[N+]=[N-]. The standard InChI is InChI=1S/C5H10N6O3/c6-10-8-1-3(12)5(14)4(13)2-9-11-7/h3-5,12-14H,1-2H2/t3-,4-/m1/s1. The molecule has 0 fully saturated rings. The van der Waals surface area contributed by atoms with Crippen LogP contribution in [-0.4, -0.2) is 46.7 Å². The van der Waals surface area contributed by atoms with Crippen LogP contribution in [0.15, 0.2) is 10.2 Å². The molecular formula is C5H10N6O3. The molecule has 0 radical (unpaired) electrons. The third-order valence-electron chi connectivity index (χ3n) is 1.45. The fraction of sp³-hybridized carbons (Fsp3) is 1.00. The molecule has 0 saturated heterocycles. The first-order valence-electron chi connectivity index (χ1n) is 3.69. The molecule has 3 N–H and O–H groups in total. The summed E-state index contributed by atoms with van der Waals surface area (Å²) >= 11 is 0. The van der Waals surface area contributed by atoms with Gasteiger partial charge in [0.15, 0.2) is 0 Å². The highest BCUT2D eigenvalue weighted by Gasteiger charge is 2.23. The van der Waals surface area contributed by atoms with Crippen molar-refractivity contribution < 1.29 is 15.3 Å². The Morgan fingerprint density at radius 3 is 1.57 bits per heavy atom. The molecule has 0 aliphatic heterocycles. The molecule has 9 heteroatoms. The summed E-state index contributed by atoms with van der Waals surface area (Å²) in [4.78, 5) is 4.74. The zero-order valence-electron chi connectivity index (χ0n) is 7.17. The lowest BCUT2D eigenvalue weighted by Crippen LogP contribution is -2.40. The minimum absolute atomic E-state index is 0.356. The maximum atomic E-state index is 9.17. The van der Waals surface area contributed by atoms with Crippen molar-refractivity contribution >= 4 is 0 Å². The molecule has 0 spiro atoms. The molecule has 9 nitrogen and oxygen atoms in total. The van der Waals surface area contributed by atoms with Gasteiger partial charge >= 0.3 is 0 Å². The number of rotatable bonds is 6. The first-order valence-corrected chi connectivity index (χ1v) is 3.69. The number of aliphatic hydroxyl groups excluding tert-OH is 3. The van der Waals surface area contributed by atoms with E-state index in [1.54, 1.807) is 0 Å². The molecule has 0 saturated carbocycles. The van der Waals surface area contributed by atoms with Crippen LogP contribution in [-0.2, 0) is 0 Å². The maximum absolute atomic E-state index is 9.17. The van der Waals surface area contributed by atoms with Crippen molar-refractivity contribution in [2.75, 3.05) is 13.1 Å². The van der Waals surface area contributed by atoms with Crippen molar-refractivity contribution in [1.82, 2.24) is 0 Å². The molecule has 14 heavy (non-hydrogen) atoms. The van der Waals surface area contributed by atoms with Gasteiger partial charge in [-0.15, -0.1) is 0 Å². The first-order chi connectivity index (χ1) is 6.63. The molecule has 0 aliphatic carbocycles. The lowest BCUT2D eigenvalue weighted by Gasteiger charge is -2.19. The number of nitrogens with zero attached hydrogens (tertiary/aromatic N) is 6. The van der Waals surface area contributed by atoms with Gasteiger partial charge in [-0.05, 0) is 11.1 Å². The van der Waals surface area contributed by atoms with Crippen LogP contribution in [0.3, 0.4) is 0 Å². The molecule has 78 valence electrons. The average molecular weight is 202 g/mol. The molecule has 0 aromatic rings. The molecule has 0 aliphatic rings.